The molecule has 31 heavy (non-hydrogen) atoms. The predicted molar refractivity (Wildman–Crippen MR) is 107 cm³/mol. The molecule has 3 rings (SSSR count). The van der Waals surface area contributed by atoms with E-state index in [0.717, 1.165) is 12.1 Å². The fourth-order valence-corrected chi connectivity index (χ4v) is 3.46. The van der Waals surface area contributed by atoms with Gasteiger partial charge in [-0.2, -0.15) is 0 Å². The van der Waals surface area contributed by atoms with Crippen LogP contribution in [0, 0.1) is 0 Å². The van der Waals surface area contributed by atoms with E-state index in [1.807, 2.05) is 0 Å². The normalized spacial score (nSPS) is 17.5. The number of hydrogen-bond donors (Lipinski definition) is 1. The number of rotatable bonds is 3. The minimum Gasteiger partial charge on any atom is -0.444 e. The first-order chi connectivity index (χ1) is 14.4. The van der Waals surface area contributed by atoms with Crippen LogP contribution in [0.5, 0.6) is 5.75 Å². The summed E-state index contributed by atoms with van der Waals surface area (Å²) in [6.07, 6.45) is -4.26. The van der Waals surface area contributed by atoms with Crippen molar-refractivity contribution in [1.29, 1.82) is 0 Å². The van der Waals surface area contributed by atoms with Crippen molar-refractivity contribution in [3.63, 3.8) is 0 Å². The fraction of sp³-hybridized carbons (Fsp3) is 0.450. The number of ether oxygens (including phenoxy) is 2. The van der Waals surface area contributed by atoms with Crippen LogP contribution in [0.25, 0.3) is 10.9 Å². The number of piperazine rings is 1. The molecular weight excluding hydrogens is 439 g/mol. The lowest BCUT2D eigenvalue weighted by molar-refractivity contribution is -0.274. The summed E-state index contributed by atoms with van der Waals surface area (Å²) in [7, 11) is 0. The zero-order valence-corrected chi connectivity index (χ0v) is 17.8. The van der Waals surface area contributed by atoms with E-state index < -0.39 is 35.6 Å². The number of hydrogen-bond acceptors (Lipinski definition) is 6. The van der Waals surface area contributed by atoms with E-state index in [9.17, 15) is 22.8 Å². The van der Waals surface area contributed by atoms with Crippen LogP contribution in [-0.4, -0.2) is 59.4 Å². The Bertz CT molecular complexity index is 1010. The Labute approximate surface area is 181 Å². The first-order valence-corrected chi connectivity index (χ1v) is 9.82. The maximum atomic E-state index is 13.2. The fourth-order valence-electron chi connectivity index (χ4n) is 3.17. The van der Waals surface area contributed by atoms with Gasteiger partial charge in [0, 0.05) is 31.2 Å². The van der Waals surface area contributed by atoms with E-state index >= 15 is 0 Å². The number of carbonyl (C=O) groups is 2. The highest BCUT2D eigenvalue weighted by Gasteiger charge is 2.36. The molecule has 1 aliphatic heterocycles. The van der Waals surface area contributed by atoms with E-state index in [1.54, 1.807) is 20.8 Å². The highest BCUT2D eigenvalue weighted by atomic mass is 35.5. The summed E-state index contributed by atoms with van der Waals surface area (Å²) < 4.78 is 47.0. The smallest absolute Gasteiger partial charge is 0.444 e. The van der Waals surface area contributed by atoms with Crippen LogP contribution in [0.4, 0.5) is 18.0 Å². The van der Waals surface area contributed by atoms with Crippen LogP contribution in [0.2, 0.25) is 5.02 Å². The molecule has 1 aromatic heterocycles. The van der Waals surface area contributed by atoms with Crippen molar-refractivity contribution in [2.24, 2.45) is 0 Å². The molecule has 0 radical (unpaired) electrons. The van der Waals surface area contributed by atoms with Crippen molar-refractivity contribution in [1.82, 2.24) is 15.2 Å². The first-order valence-electron chi connectivity index (χ1n) is 9.44. The Morgan fingerprint density at radius 2 is 1.97 bits per heavy atom. The topological polar surface area (TPSA) is 80.8 Å². The lowest BCUT2D eigenvalue weighted by Crippen LogP contribution is -2.57. The molecule has 1 atom stereocenters. The molecule has 168 valence electrons. The minimum atomic E-state index is -4.87. The molecule has 2 aromatic rings. The largest absolute Gasteiger partial charge is 0.573 e. The predicted octanol–water partition coefficient (Wildman–Crippen LogP) is 4.18. The van der Waals surface area contributed by atoms with E-state index in [1.165, 1.54) is 17.2 Å². The number of carbonyl (C=O) groups excluding carboxylic acids is 2. The van der Waals surface area contributed by atoms with Gasteiger partial charge in [-0.1, -0.05) is 11.6 Å². The number of fused-ring (bicyclic) bond motifs is 1. The van der Waals surface area contributed by atoms with Gasteiger partial charge in [-0.3, -0.25) is 14.7 Å². The van der Waals surface area contributed by atoms with Crippen LogP contribution in [0.15, 0.2) is 24.4 Å². The summed E-state index contributed by atoms with van der Waals surface area (Å²) in [4.78, 5) is 31.3. The SMILES string of the molecule is CC(C)(C)OC(=O)N1CCNCC1C(=O)c1cnc2ccc(OC(F)(F)F)cc2c1Cl. The molecule has 1 fully saturated rings. The molecule has 1 amide bonds. The van der Waals surface area contributed by atoms with Crippen molar-refractivity contribution in [3.8, 4) is 5.75 Å². The van der Waals surface area contributed by atoms with E-state index in [-0.39, 0.29) is 29.1 Å². The molecule has 0 spiro atoms. The molecule has 7 nitrogen and oxygen atoms in total. The van der Waals surface area contributed by atoms with Gasteiger partial charge in [-0.05, 0) is 39.0 Å². The van der Waals surface area contributed by atoms with Gasteiger partial charge in [-0.15, -0.1) is 13.2 Å². The Balaban J connectivity index is 1.94. The number of benzene rings is 1. The monoisotopic (exact) mass is 459 g/mol. The molecule has 11 heteroatoms. The van der Waals surface area contributed by atoms with Crippen LogP contribution in [0.3, 0.4) is 0 Å². The Kier molecular flexibility index (Phi) is 6.33. The van der Waals surface area contributed by atoms with Crippen LogP contribution in [-0.2, 0) is 4.74 Å². The average molecular weight is 460 g/mol. The Morgan fingerprint density at radius 3 is 2.61 bits per heavy atom. The van der Waals surface area contributed by atoms with Gasteiger partial charge in [0.05, 0.1) is 16.1 Å². The summed E-state index contributed by atoms with van der Waals surface area (Å²) in [5.41, 5.74) is -0.463. The number of amides is 1. The van der Waals surface area contributed by atoms with Gasteiger partial charge in [0.15, 0.2) is 5.78 Å². The summed E-state index contributed by atoms with van der Waals surface area (Å²) in [5.74, 6) is -0.984. The molecule has 1 aliphatic rings. The number of Topliss-reactive ketones (excluding diaryl/α,β-unsaturated/α-hetero) is 1. The summed E-state index contributed by atoms with van der Waals surface area (Å²) in [5, 5.41) is 3.10. The quantitative estimate of drug-likeness (QED) is 0.694. The molecule has 1 unspecified atom stereocenters. The second kappa shape index (κ2) is 8.51. The maximum absolute atomic E-state index is 13.2. The minimum absolute atomic E-state index is 0.0133. The zero-order chi connectivity index (χ0) is 23.0. The Hall–Kier alpha value is -2.59. The summed E-state index contributed by atoms with van der Waals surface area (Å²) in [6, 6.07) is 2.58. The maximum Gasteiger partial charge on any atom is 0.573 e. The number of halogens is 4. The Morgan fingerprint density at radius 1 is 1.26 bits per heavy atom. The third-order valence-corrected chi connectivity index (χ3v) is 4.85. The standard InChI is InChI=1S/C20H21ClF3N3O4/c1-19(2,3)31-18(29)27-7-6-25-10-15(27)17(28)13-9-26-14-5-4-11(30-20(22,23)24)8-12(14)16(13)21/h4-5,8-9,15,25H,6-7,10H2,1-3H3. The van der Waals surface area contributed by atoms with Crippen molar-refractivity contribution >= 4 is 34.4 Å². The van der Waals surface area contributed by atoms with Gasteiger partial charge in [0.1, 0.15) is 17.4 Å². The third kappa shape index (κ3) is 5.56. The van der Waals surface area contributed by atoms with Gasteiger partial charge in [0.2, 0.25) is 0 Å². The lowest BCUT2D eigenvalue weighted by Gasteiger charge is -2.36. The number of alkyl halides is 3. The van der Waals surface area contributed by atoms with Gasteiger partial charge >= 0.3 is 12.5 Å². The molecule has 1 N–H and O–H groups in total. The van der Waals surface area contributed by atoms with E-state index in [2.05, 4.69) is 15.0 Å². The lowest BCUT2D eigenvalue weighted by atomic mass is 10.0. The van der Waals surface area contributed by atoms with Crippen molar-refractivity contribution < 1.29 is 32.2 Å². The number of ketones is 1. The zero-order valence-electron chi connectivity index (χ0n) is 17.0. The summed E-state index contributed by atoms with van der Waals surface area (Å²) >= 11 is 6.38. The second-order valence-electron chi connectivity index (χ2n) is 7.97. The van der Waals surface area contributed by atoms with Crippen molar-refractivity contribution in [2.45, 2.75) is 38.8 Å². The molecule has 0 bridgehead atoms. The van der Waals surface area contributed by atoms with Crippen molar-refractivity contribution in [2.75, 3.05) is 19.6 Å². The molecular formula is C20H21ClF3N3O4. The van der Waals surface area contributed by atoms with Crippen LogP contribution in [0.1, 0.15) is 31.1 Å². The highest BCUT2D eigenvalue weighted by molar-refractivity contribution is 6.38. The number of nitrogens with one attached hydrogen (secondary N) is 1. The highest BCUT2D eigenvalue weighted by Crippen LogP contribution is 2.32. The summed E-state index contributed by atoms with van der Waals surface area (Å²) in [6.45, 7) is 6.04. The average Bonchev–Trinajstić information content (AvgIpc) is 2.65. The number of nitrogens with zero attached hydrogens (tertiary/aromatic N) is 2. The van der Waals surface area contributed by atoms with Gasteiger partial charge < -0.3 is 14.8 Å². The number of aromatic nitrogens is 1. The van der Waals surface area contributed by atoms with Gasteiger partial charge in [-0.25, -0.2) is 4.79 Å². The van der Waals surface area contributed by atoms with E-state index in [0.29, 0.717) is 12.1 Å². The third-order valence-electron chi connectivity index (χ3n) is 4.45. The van der Waals surface area contributed by atoms with Crippen LogP contribution < -0.4 is 10.1 Å². The van der Waals surface area contributed by atoms with Gasteiger partial charge in [0.25, 0.3) is 0 Å². The van der Waals surface area contributed by atoms with E-state index in [4.69, 9.17) is 16.3 Å². The van der Waals surface area contributed by atoms with Crippen LogP contribution >= 0.6 is 11.6 Å². The first kappa shape index (κ1) is 23.1. The molecule has 0 saturated carbocycles. The van der Waals surface area contributed by atoms with Crippen molar-refractivity contribution in [3.05, 3.63) is 35.0 Å². The molecule has 0 aliphatic carbocycles. The molecule has 2 heterocycles. The second-order valence-corrected chi connectivity index (χ2v) is 8.35. The molecule has 1 aromatic carbocycles. The molecule has 1 saturated heterocycles. The number of pyridine rings is 1.